The summed E-state index contributed by atoms with van der Waals surface area (Å²) in [5.41, 5.74) is -3.06. The molecule has 1 amide bonds. The van der Waals surface area contributed by atoms with Crippen molar-refractivity contribution in [2.24, 2.45) is 5.92 Å². The number of alkyl halides is 6. The van der Waals surface area contributed by atoms with Gasteiger partial charge in [0.25, 0.3) is 0 Å². The molecule has 0 aromatic heterocycles. The van der Waals surface area contributed by atoms with Crippen LogP contribution in [0.25, 0.3) is 0 Å². The molecule has 0 saturated carbocycles. The van der Waals surface area contributed by atoms with Gasteiger partial charge < -0.3 is 10.1 Å². The molecular weight excluding hydrogens is 328 g/mol. The van der Waals surface area contributed by atoms with Gasteiger partial charge in [0.2, 0.25) is 5.91 Å². The molecule has 0 spiro atoms. The van der Waals surface area contributed by atoms with E-state index in [1.807, 2.05) is 0 Å². The van der Waals surface area contributed by atoms with Gasteiger partial charge in [0.1, 0.15) is 0 Å². The fourth-order valence-electron chi connectivity index (χ4n) is 2.06. The Morgan fingerprint density at radius 2 is 1.57 bits per heavy atom. The van der Waals surface area contributed by atoms with Crippen molar-refractivity contribution < 1.29 is 35.9 Å². The number of rotatable bonds is 4. The molecule has 1 aliphatic rings. The van der Waals surface area contributed by atoms with E-state index in [2.05, 4.69) is 5.32 Å². The van der Waals surface area contributed by atoms with Gasteiger partial charge in [-0.1, -0.05) is 0 Å². The highest BCUT2D eigenvalue weighted by molar-refractivity contribution is 5.76. The van der Waals surface area contributed by atoms with Gasteiger partial charge in [0, 0.05) is 18.9 Å². The number of amides is 1. The maximum absolute atomic E-state index is 12.7. The molecule has 1 N–H and O–H groups in total. The molecule has 128 valence electrons. The third-order valence-electron chi connectivity index (χ3n) is 3.32. The summed E-state index contributed by atoms with van der Waals surface area (Å²) in [5, 5.41) is 2.33. The fraction of sp³-hybridized carbons (Fsp3) is 0.500. The van der Waals surface area contributed by atoms with Crippen LogP contribution < -0.4 is 5.32 Å². The highest BCUT2D eigenvalue weighted by Crippen LogP contribution is 2.36. The van der Waals surface area contributed by atoms with Crippen LogP contribution in [0.15, 0.2) is 18.2 Å². The molecular formula is C14H13F6NO2. The summed E-state index contributed by atoms with van der Waals surface area (Å²) in [7, 11) is 0. The van der Waals surface area contributed by atoms with Crippen LogP contribution in [0.5, 0.6) is 0 Å². The summed E-state index contributed by atoms with van der Waals surface area (Å²) in [6.45, 7) is 0.448. The van der Waals surface area contributed by atoms with Crippen LogP contribution in [0.4, 0.5) is 26.3 Å². The smallest absolute Gasteiger partial charge is 0.381 e. The number of nitrogens with one attached hydrogen (secondary N) is 1. The molecule has 1 fully saturated rings. The van der Waals surface area contributed by atoms with Crippen LogP contribution in [0.3, 0.4) is 0 Å². The van der Waals surface area contributed by atoms with Crippen molar-refractivity contribution in [1.29, 1.82) is 0 Å². The predicted molar refractivity (Wildman–Crippen MR) is 67.2 cm³/mol. The Bertz CT molecular complexity index is 545. The van der Waals surface area contributed by atoms with Crippen molar-refractivity contribution in [1.82, 2.24) is 5.32 Å². The normalized spacial score (nSPS) is 16.1. The molecule has 0 aliphatic carbocycles. The van der Waals surface area contributed by atoms with Gasteiger partial charge in [0.05, 0.1) is 24.3 Å². The number of hydrogen-bond acceptors (Lipinski definition) is 2. The van der Waals surface area contributed by atoms with E-state index in [0.29, 0.717) is 25.3 Å². The second kappa shape index (κ2) is 6.38. The number of benzene rings is 1. The van der Waals surface area contributed by atoms with Gasteiger partial charge in [0.15, 0.2) is 0 Å². The molecule has 1 aromatic rings. The molecule has 1 aromatic carbocycles. The van der Waals surface area contributed by atoms with Gasteiger partial charge in [-0.05, 0) is 23.8 Å². The first-order valence-corrected chi connectivity index (χ1v) is 6.68. The third kappa shape index (κ3) is 4.85. The van der Waals surface area contributed by atoms with E-state index in [1.54, 1.807) is 0 Å². The topological polar surface area (TPSA) is 38.3 Å². The van der Waals surface area contributed by atoms with Gasteiger partial charge >= 0.3 is 12.4 Å². The lowest BCUT2D eigenvalue weighted by atomic mass is 10.0. The number of carbonyl (C=O) groups is 1. The molecule has 0 radical (unpaired) electrons. The largest absolute Gasteiger partial charge is 0.416 e. The lowest BCUT2D eigenvalue weighted by molar-refractivity contribution is -0.143. The van der Waals surface area contributed by atoms with Crippen LogP contribution in [-0.2, 0) is 28.4 Å². The first-order valence-electron chi connectivity index (χ1n) is 6.68. The highest BCUT2D eigenvalue weighted by atomic mass is 19.4. The minimum atomic E-state index is -4.90. The second-order valence-electron chi connectivity index (χ2n) is 5.30. The Morgan fingerprint density at radius 3 is 1.96 bits per heavy atom. The van der Waals surface area contributed by atoms with E-state index in [1.165, 1.54) is 0 Å². The molecule has 0 atom stereocenters. The van der Waals surface area contributed by atoms with Gasteiger partial charge in [-0.15, -0.1) is 0 Å². The van der Waals surface area contributed by atoms with Crippen LogP contribution in [0.1, 0.15) is 23.1 Å². The SMILES string of the molecule is O=C(CC1COC1)NCc1cc(C(F)(F)F)cc(C(F)(F)F)c1. The minimum Gasteiger partial charge on any atom is -0.381 e. The van der Waals surface area contributed by atoms with Crippen molar-refractivity contribution in [3.05, 3.63) is 34.9 Å². The third-order valence-corrected chi connectivity index (χ3v) is 3.32. The quantitative estimate of drug-likeness (QED) is 0.853. The number of halogens is 6. The predicted octanol–water partition coefficient (Wildman–Crippen LogP) is 3.38. The molecule has 1 saturated heterocycles. The molecule has 9 heteroatoms. The van der Waals surface area contributed by atoms with Crippen molar-refractivity contribution in [2.75, 3.05) is 13.2 Å². The highest BCUT2D eigenvalue weighted by Gasteiger charge is 2.36. The lowest BCUT2D eigenvalue weighted by Gasteiger charge is -2.25. The summed E-state index contributed by atoms with van der Waals surface area (Å²) in [6, 6.07) is 1.25. The molecule has 1 heterocycles. The fourth-order valence-corrected chi connectivity index (χ4v) is 2.06. The summed E-state index contributed by atoms with van der Waals surface area (Å²) < 4.78 is 81.0. The Hall–Kier alpha value is -1.77. The standard InChI is InChI=1S/C14H13F6NO2/c15-13(16,17)10-1-8(2-11(4-10)14(18,19)20)5-21-12(22)3-9-6-23-7-9/h1-2,4,9H,3,5-7H2,(H,21,22). The first-order chi connectivity index (χ1) is 10.6. The molecule has 23 heavy (non-hydrogen) atoms. The van der Waals surface area contributed by atoms with Crippen molar-refractivity contribution in [3.8, 4) is 0 Å². The van der Waals surface area contributed by atoms with Crippen molar-refractivity contribution in [3.63, 3.8) is 0 Å². The Kier molecular flexibility index (Phi) is 4.88. The maximum atomic E-state index is 12.7. The van der Waals surface area contributed by atoms with Crippen LogP contribution in [0.2, 0.25) is 0 Å². The zero-order valence-electron chi connectivity index (χ0n) is 11.7. The second-order valence-corrected chi connectivity index (χ2v) is 5.30. The number of ether oxygens (including phenoxy) is 1. The lowest BCUT2D eigenvalue weighted by Crippen LogP contribution is -2.34. The zero-order valence-corrected chi connectivity index (χ0v) is 11.7. The molecule has 0 bridgehead atoms. The van der Waals surface area contributed by atoms with Crippen LogP contribution >= 0.6 is 0 Å². The molecule has 1 aliphatic heterocycles. The van der Waals surface area contributed by atoms with Gasteiger partial charge in [-0.25, -0.2) is 0 Å². The molecule has 3 nitrogen and oxygen atoms in total. The summed E-state index contributed by atoms with van der Waals surface area (Å²) in [6.07, 6.45) is -9.67. The average molecular weight is 341 g/mol. The molecule has 2 rings (SSSR count). The number of hydrogen-bond donors (Lipinski definition) is 1. The van der Waals surface area contributed by atoms with Gasteiger partial charge in [-0.3, -0.25) is 4.79 Å². The van der Waals surface area contributed by atoms with Crippen molar-refractivity contribution >= 4 is 5.91 Å². The van der Waals surface area contributed by atoms with E-state index in [9.17, 15) is 31.1 Å². The first kappa shape index (κ1) is 17.6. The number of carbonyl (C=O) groups excluding carboxylic acids is 1. The summed E-state index contributed by atoms with van der Waals surface area (Å²) in [5.74, 6) is -0.397. The Labute approximate surface area is 127 Å². The Morgan fingerprint density at radius 1 is 1.04 bits per heavy atom. The van der Waals surface area contributed by atoms with E-state index >= 15 is 0 Å². The monoisotopic (exact) mass is 341 g/mol. The van der Waals surface area contributed by atoms with E-state index in [4.69, 9.17) is 4.74 Å². The zero-order chi connectivity index (χ0) is 17.3. The van der Waals surface area contributed by atoms with E-state index in [0.717, 1.165) is 0 Å². The van der Waals surface area contributed by atoms with E-state index < -0.39 is 35.9 Å². The van der Waals surface area contributed by atoms with Crippen molar-refractivity contribution in [2.45, 2.75) is 25.3 Å². The summed E-state index contributed by atoms with van der Waals surface area (Å²) in [4.78, 5) is 11.6. The minimum absolute atomic E-state index is 0.0437. The van der Waals surface area contributed by atoms with Crippen LogP contribution in [-0.4, -0.2) is 19.1 Å². The summed E-state index contributed by atoms with van der Waals surface area (Å²) >= 11 is 0. The van der Waals surface area contributed by atoms with E-state index in [-0.39, 0.29) is 24.0 Å². The molecule has 0 unspecified atom stereocenters. The van der Waals surface area contributed by atoms with Gasteiger partial charge in [-0.2, -0.15) is 26.3 Å². The maximum Gasteiger partial charge on any atom is 0.416 e. The average Bonchev–Trinajstić information content (AvgIpc) is 2.38. The Balaban J connectivity index is 2.11. The van der Waals surface area contributed by atoms with Crippen LogP contribution in [0, 0.1) is 5.92 Å².